The molecule has 1 fully saturated rings. The van der Waals surface area contributed by atoms with Crippen LogP contribution in [0.1, 0.15) is 12.8 Å². The molecule has 52 valence electrons. The van der Waals surface area contributed by atoms with E-state index in [4.69, 9.17) is 10.5 Å². The van der Waals surface area contributed by atoms with E-state index in [0.717, 1.165) is 12.8 Å². The van der Waals surface area contributed by atoms with Gasteiger partial charge in [0.25, 0.3) is 0 Å². The van der Waals surface area contributed by atoms with Crippen LogP contribution in [0.25, 0.3) is 0 Å². The molecule has 0 spiro atoms. The Labute approximate surface area is 55.7 Å². The lowest BCUT2D eigenvalue weighted by atomic mass is 9.88. The van der Waals surface area contributed by atoms with Crippen molar-refractivity contribution in [2.75, 3.05) is 13.7 Å². The highest BCUT2D eigenvalue weighted by Gasteiger charge is 2.21. The molecule has 2 heteroatoms. The summed E-state index contributed by atoms with van der Waals surface area (Å²) in [6.45, 7) is 0.672. The van der Waals surface area contributed by atoms with Crippen molar-refractivity contribution in [2.24, 2.45) is 5.73 Å². The number of rotatable bonds is 2. The van der Waals surface area contributed by atoms with Crippen molar-refractivity contribution in [1.29, 1.82) is 0 Å². The van der Waals surface area contributed by atoms with Crippen molar-refractivity contribution >= 4 is 0 Å². The fraction of sp³-hybridized carbons (Fsp3) is 0.714. The smallest absolute Gasteiger partial charge is 0.0645 e. The Balaban J connectivity index is 2.18. The molecule has 1 aliphatic rings. The van der Waals surface area contributed by atoms with E-state index in [1.807, 2.05) is 0 Å². The lowest BCUT2D eigenvalue weighted by Gasteiger charge is -2.27. The maximum Gasteiger partial charge on any atom is 0.0645 e. The second-order valence-electron chi connectivity index (χ2n) is 2.36. The fourth-order valence-corrected chi connectivity index (χ4v) is 1.03. The average molecular weight is 127 g/mol. The van der Waals surface area contributed by atoms with Gasteiger partial charge in [0.1, 0.15) is 0 Å². The molecule has 0 aromatic heterocycles. The summed E-state index contributed by atoms with van der Waals surface area (Å²) in [4.78, 5) is 0. The van der Waals surface area contributed by atoms with Crippen LogP contribution >= 0.6 is 0 Å². The van der Waals surface area contributed by atoms with Gasteiger partial charge in [-0.1, -0.05) is 11.6 Å². The molecular formula is C7H13NO. The van der Waals surface area contributed by atoms with Crippen LogP contribution in [0.2, 0.25) is 0 Å². The summed E-state index contributed by atoms with van der Waals surface area (Å²) in [6, 6.07) is 0. The molecule has 0 heterocycles. The van der Waals surface area contributed by atoms with Gasteiger partial charge < -0.3 is 10.5 Å². The zero-order chi connectivity index (χ0) is 6.69. The zero-order valence-corrected chi connectivity index (χ0v) is 5.76. The highest BCUT2D eigenvalue weighted by atomic mass is 16.5. The van der Waals surface area contributed by atoms with Gasteiger partial charge in [-0.2, -0.15) is 0 Å². The molecule has 0 amide bonds. The van der Waals surface area contributed by atoms with Crippen LogP contribution in [-0.2, 0) is 4.74 Å². The molecule has 0 aromatic carbocycles. The van der Waals surface area contributed by atoms with Gasteiger partial charge in [0, 0.05) is 13.7 Å². The molecule has 0 aromatic rings. The van der Waals surface area contributed by atoms with E-state index in [9.17, 15) is 0 Å². The van der Waals surface area contributed by atoms with Gasteiger partial charge >= 0.3 is 0 Å². The largest absolute Gasteiger partial charge is 0.381 e. The summed E-state index contributed by atoms with van der Waals surface area (Å²) >= 11 is 0. The number of hydrogen-bond acceptors (Lipinski definition) is 2. The van der Waals surface area contributed by atoms with Gasteiger partial charge in [-0.3, -0.25) is 0 Å². The first kappa shape index (κ1) is 6.78. The third-order valence-electron chi connectivity index (χ3n) is 1.72. The van der Waals surface area contributed by atoms with E-state index in [0.29, 0.717) is 12.6 Å². The lowest BCUT2D eigenvalue weighted by Crippen LogP contribution is -2.23. The topological polar surface area (TPSA) is 35.2 Å². The summed E-state index contributed by atoms with van der Waals surface area (Å²) in [6.07, 6.45) is 4.74. The quantitative estimate of drug-likeness (QED) is 0.554. The molecule has 1 aliphatic carbocycles. The van der Waals surface area contributed by atoms with E-state index in [1.165, 1.54) is 5.57 Å². The minimum Gasteiger partial charge on any atom is -0.381 e. The first-order chi connectivity index (χ1) is 4.36. The van der Waals surface area contributed by atoms with Crippen LogP contribution in [0.15, 0.2) is 11.6 Å². The minimum atomic E-state index is 0.475. The summed E-state index contributed by atoms with van der Waals surface area (Å²) in [5.41, 5.74) is 6.76. The first-order valence-corrected chi connectivity index (χ1v) is 3.27. The zero-order valence-electron chi connectivity index (χ0n) is 5.76. The van der Waals surface area contributed by atoms with Gasteiger partial charge in [0.15, 0.2) is 0 Å². The third kappa shape index (κ3) is 1.53. The molecule has 9 heavy (non-hydrogen) atoms. The first-order valence-electron chi connectivity index (χ1n) is 3.27. The van der Waals surface area contributed by atoms with Gasteiger partial charge in [-0.15, -0.1) is 0 Å². The van der Waals surface area contributed by atoms with Crippen LogP contribution in [0, 0.1) is 0 Å². The molecule has 0 aliphatic heterocycles. The van der Waals surface area contributed by atoms with Gasteiger partial charge in [0.05, 0.1) is 6.10 Å². The molecule has 0 unspecified atom stereocenters. The summed E-state index contributed by atoms with van der Waals surface area (Å²) in [5, 5.41) is 0. The molecule has 0 atom stereocenters. The predicted octanol–water partition coefficient (Wildman–Crippen LogP) is 0.680. The molecule has 1 saturated carbocycles. The summed E-state index contributed by atoms with van der Waals surface area (Å²) in [7, 11) is 1.75. The molecule has 0 bridgehead atoms. The highest BCUT2D eigenvalue weighted by Crippen LogP contribution is 2.27. The van der Waals surface area contributed by atoms with Crippen molar-refractivity contribution in [3.05, 3.63) is 11.6 Å². The van der Waals surface area contributed by atoms with Crippen molar-refractivity contribution < 1.29 is 4.74 Å². The van der Waals surface area contributed by atoms with E-state index in [1.54, 1.807) is 7.11 Å². The minimum absolute atomic E-state index is 0.475. The van der Waals surface area contributed by atoms with Crippen LogP contribution < -0.4 is 5.73 Å². The second kappa shape index (κ2) is 2.99. The SMILES string of the molecule is COC1CC(=CCN)C1. The van der Waals surface area contributed by atoms with Crippen LogP contribution in [0.3, 0.4) is 0 Å². The molecule has 2 N–H and O–H groups in total. The Morgan fingerprint density at radius 1 is 1.78 bits per heavy atom. The third-order valence-corrected chi connectivity index (χ3v) is 1.72. The van der Waals surface area contributed by atoms with Crippen LogP contribution in [0.4, 0.5) is 0 Å². The van der Waals surface area contributed by atoms with Crippen LogP contribution in [-0.4, -0.2) is 19.8 Å². The summed E-state index contributed by atoms with van der Waals surface area (Å²) in [5.74, 6) is 0. The molecule has 1 rings (SSSR count). The number of hydrogen-bond donors (Lipinski definition) is 1. The van der Waals surface area contributed by atoms with E-state index >= 15 is 0 Å². The predicted molar refractivity (Wildman–Crippen MR) is 37.2 cm³/mol. The molecular weight excluding hydrogens is 114 g/mol. The Morgan fingerprint density at radius 3 is 2.89 bits per heavy atom. The number of ether oxygens (including phenoxy) is 1. The second-order valence-corrected chi connectivity index (χ2v) is 2.36. The summed E-state index contributed by atoms with van der Waals surface area (Å²) < 4.78 is 5.08. The standard InChI is InChI=1S/C7H13NO/c1-9-7-4-6(5-7)2-3-8/h2,7H,3-5,8H2,1H3. The lowest BCUT2D eigenvalue weighted by molar-refractivity contribution is 0.0724. The molecule has 0 radical (unpaired) electrons. The molecule has 0 saturated heterocycles. The highest BCUT2D eigenvalue weighted by molar-refractivity contribution is 5.14. The van der Waals surface area contributed by atoms with E-state index < -0.39 is 0 Å². The van der Waals surface area contributed by atoms with Gasteiger partial charge in [0.2, 0.25) is 0 Å². The van der Waals surface area contributed by atoms with E-state index in [2.05, 4.69) is 6.08 Å². The Hall–Kier alpha value is -0.340. The maximum absolute atomic E-state index is 5.31. The van der Waals surface area contributed by atoms with Gasteiger partial charge in [-0.05, 0) is 12.8 Å². The Morgan fingerprint density at radius 2 is 2.44 bits per heavy atom. The monoisotopic (exact) mass is 127 g/mol. The average Bonchev–Trinajstić information content (AvgIpc) is 1.77. The fourth-order valence-electron chi connectivity index (χ4n) is 1.03. The van der Waals surface area contributed by atoms with Crippen molar-refractivity contribution in [3.8, 4) is 0 Å². The van der Waals surface area contributed by atoms with Crippen molar-refractivity contribution in [2.45, 2.75) is 18.9 Å². The Kier molecular flexibility index (Phi) is 2.25. The van der Waals surface area contributed by atoms with Crippen molar-refractivity contribution in [1.82, 2.24) is 0 Å². The number of nitrogens with two attached hydrogens (primary N) is 1. The normalized spacial score (nSPS) is 25.6. The van der Waals surface area contributed by atoms with Gasteiger partial charge in [-0.25, -0.2) is 0 Å². The van der Waals surface area contributed by atoms with Crippen molar-refractivity contribution in [3.63, 3.8) is 0 Å². The number of methoxy groups -OCH3 is 1. The Bertz CT molecular complexity index is 112. The maximum atomic E-state index is 5.31. The van der Waals surface area contributed by atoms with Crippen LogP contribution in [0.5, 0.6) is 0 Å². The van der Waals surface area contributed by atoms with E-state index in [-0.39, 0.29) is 0 Å². The molecule has 2 nitrogen and oxygen atoms in total.